The van der Waals surface area contributed by atoms with Crippen LogP contribution in [0.2, 0.25) is 0 Å². The molecule has 0 spiro atoms. The zero-order chi connectivity index (χ0) is 22.2. The normalized spacial score (nSPS) is 16.8. The number of hydrogen-bond acceptors (Lipinski definition) is 4. The molecule has 0 atom stereocenters. The number of rotatable bonds is 4. The summed E-state index contributed by atoms with van der Waals surface area (Å²) in [6.45, 7) is 4.71. The second-order valence-electron chi connectivity index (χ2n) is 8.04. The number of aryl methyl sites for hydroxylation is 3. The summed E-state index contributed by atoms with van der Waals surface area (Å²) in [5, 5.41) is 0. The van der Waals surface area contributed by atoms with E-state index in [2.05, 4.69) is 30.1 Å². The minimum Gasteiger partial charge on any atom is -0.319 e. The van der Waals surface area contributed by atoms with Crippen molar-refractivity contribution in [3.8, 4) is 0 Å². The maximum absolute atomic E-state index is 12.9. The largest absolute Gasteiger partial charge is 0.319 e. The smallest absolute Gasteiger partial charge is 0.251 e. The average Bonchev–Trinajstić information content (AvgIpc) is 3.08. The minimum atomic E-state index is -3.53. The van der Waals surface area contributed by atoms with Crippen molar-refractivity contribution in [1.82, 2.24) is 8.87 Å². The van der Waals surface area contributed by atoms with E-state index in [4.69, 9.17) is 0 Å². The van der Waals surface area contributed by atoms with Gasteiger partial charge in [0.25, 0.3) is 5.91 Å². The van der Waals surface area contributed by atoms with Crippen molar-refractivity contribution in [2.24, 2.45) is 18.0 Å². The van der Waals surface area contributed by atoms with E-state index >= 15 is 0 Å². The molecule has 1 fully saturated rings. The van der Waals surface area contributed by atoms with E-state index in [0.29, 0.717) is 35.6 Å². The van der Waals surface area contributed by atoms with Gasteiger partial charge in [-0.3, -0.25) is 4.79 Å². The molecular formula is C23H27N3O3S2. The Morgan fingerprint density at radius 2 is 1.81 bits per heavy atom. The maximum Gasteiger partial charge on any atom is 0.251 e. The fourth-order valence-corrected chi connectivity index (χ4v) is 6.45. The van der Waals surface area contributed by atoms with Crippen molar-refractivity contribution in [2.45, 2.75) is 38.0 Å². The van der Waals surface area contributed by atoms with Crippen LogP contribution in [-0.2, 0) is 28.3 Å². The van der Waals surface area contributed by atoms with Gasteiger partial charge in [0.1, 0.15) is 0 Å². The Hall–Kier alpha value is -2.29. The Bertz CT molecular complexity index is 1280. The number of fused-ring (bicyclic) bond motifs is 1. The number of carbonyl (C=O) groups is 1. The molecule has 0 aliphatic carbocycles. The van der Waals surface area contributed by atoms with Gasteiger partial charge < -0.3 is 4.57 Å². The van der Waals surface area contributed by atoms with Crippen molar-refractivity contribution in [3.63, 3.8) is 0 Å². The Labute approximate surface area is 186 Å². The lowest BCUT2D eigenvalue weighted by Gasteiger charge is -2.29. The van der Waals surface area contributed by atoms with Gasteiger partial charge in [-0.05, 0) is 56.0 Å². The molecule has 1 aliphatic heterocycles. The number of sulfonamides is 1. The molecule has 1 saturated heterocycles. The fourth-order valence-electron chi connectivity index (χ4n) is 3.89. The summed E-state index contributed by atoms with van der Waals surface area (Å²) in [4.78, 5) is 18.2. The van der Waals surface area contributed by atoms with E-state index in [1.54, 1.807) is 24.3 Å². The van der Waals surface area contributed by atoms with Crippen LogP contribution in [0.1, 0.15) is 30.9 Å². The highest BCUT2D eigenvalue weighted by Gasteiger charge is 2.32. The molecule has 1 aromatic heterocycles. The van der Waals surface area contributed by atoms with Gasteiger partial charge in [-0.15, -0.1) is 0 Å². The first-order valence-electron chi connectivity index (χ1n) is 10.5. The predicted molar refractivity (Wildman–Crippen MR) is 123 cm³/mol. The Morgan fingerprint density at radius 1 is 1.13 bits per heavy atom. The highest BCUT2D eigenvalue weighted by molar-refractivity contribution is 7.89. The van der Waals surface area contributed by atoms with Crippen LogP contribution >= 0.6 is 11.3 Å². The zero-order valence-corrected chi connectivity index (χ0v) is 19.7. The Morgan fingerprint density at radius 3 is 2.45 bits per heavy atom. The van der Waals surface area contributed by atoms with Crippen molar-refractivity contribution in [3.05, 3.63) is 58.4 Å². The maximum atomic E-state index is 12.9. The Kier molecular flexibility index (Phi) is 6.14. The number of thiazole rings is 1. The van der Waals surface area contributed by atoms with Crippen LogP contribution < -0.4 is 4.80 Å². The van der Waals surface area contributed by atoms with Crippen molar-refractivity contribution in [1.29, 1.82) is 0 Å². The first-order valence-corrected chi connectivity index (χ1v) is 12.8. The summed E-state index contributed by atoms with van der Waals surface area (Å²) in [7, 11) is -1.60. The third-order valence-corrected chi connectivity index (χ3v) is 8.96. The number of piperidine rings is 1. The lowest BCUT2D eigenvalue weighted by atomic mass is 9.98. The molecule has 2 heterocycles. The topological polar surface area (TPSA) is 71.7 Å². The van der Waals surface area contributed by atoms with E-state index in [9.17, 15) is 13.2 Å². The van der Waals surface area contributed by atoms with Crippen molar-refractivity contribution in [2.75, 3.05) is 13.1 Å². The van der Waals surface area contributed by atoms with Crippen LogP contribution in [0.5, 0.6) is 0 Å². The third-order valence-electron chi connectivity index (χ3n) is 5.95. The molecule has 0 radical (unpaired) electrons. The van der Waals surface area contributed by atoms with Gasteiger partial charge in [-0.1, -0.05) is 42.0 Å². The van der Waals surface area contributed by atoms with Crippen LogP contribution in [0, 0.1) is 12.8 Å². The summed E-state index contributed by atoms with van der Waals surface area (Å²) in [6.07, 6.45) is 1.94. The van der Waals surface area contributed by atoms with Gasteiger partial charge in [0, 0.05) is 26.1 Å². The van der Waals surface area contributed by atoms with E-state index in [-0.39, 0.29) is 11.8 Å². The highest BCUT2D eigenvalue weighted by atomic mass is 32.2. The molecule has 0 bridgehead atoms. The first kappa shape index (κ1) is 21.9. The molecule has 6 nitrogen and oxygen atoms in total. The SMILES string of the molecule is CCc1ccc2c(c1)sc(=NC(=O)C1CCN(S(=O)(=O)c3ccc(C)cc3)CC1)n2C. The van der Waals surface area contributed by atoms with Crippen molar-refractivity contribution >= 4 is 37.5 Å². The van der Waals surface area contributed by atoms with Crippen molar-refractivity contribution < 1.29 is 13.2 Å². The predicted octanol–water partition coefficient (Wildman–Crippen LogP) is 3.64. The van der Waals surface area contributed by atoms with Crippen LogP contribution in [-0.4, -0.2) is 36.3 Å². The summed E-state index contributed by atoms with van der Waals surface area (Å²) < 4.78 is 30.3. The zero-order valence-electron chi connectivity index (χ0n) is 18.0. The molecule has 4 rings (SSSR count). The van der Waals surface area contributed by atoms with Gasteiger partial charge in [0.15, 0.2) is 4.80 Å². The molecule has 3 aromatic rings. The first-order chi connectivity index (χ1) is 14.8. The van der Waals surface area contributed by atoms with E-state index in [1.807, 2.05) is 18.5 Å². The minimum absolute atomic E-state index is 0.162. The molecule has 2 aromatic carbocycles. The molecule has 1 aliphatic rings. The van der Waals surface area contributed by atoms with E-state index in [1.165, 1.54) is 21.2 Å². The summed E-state index contributed by atoms with van der Waals surface area (Å²) in [5.74, 6) is -0.411. The number of nitrogens with zero attached hydrogens (tertiary/aromatic N) is 3. The molecular weight excluding hydrogens is 430 g/mol. The summed E-state index contributed by atoms with van der Waals surface area (Å²) >= 11 is 1.52. The summed E-state index contributed by atoms with van der Waals surface area (Å²) in [6, 6.07) is 13.2. The third kappa shape index (κ3) is 4.37. The molecule has 164 valence electrons. The molecule has 0 N–H and O–H groups in total. The molecule has 0 unspecified atom stereocenters. The monoisotopic (exact) mass is 457 g/mol. The van der Waals surface area contributed by atoms with E-state index < -0.39 is 10.0 Å². The van der Waals surface area contributed by atoms with Crippen LogP contribution in [0.15, 0.2) is 52.4 Å². The quantitative estimate of drug-likeness (QED) is 0.601. The standard InChI is InChI=1S/C23H27N3O3S2/c1-4-17-7-10-20-21(15-17)30-23(25(20)3)24-22(27)18-11-13-26(14-12-18)31(28,29)19-8-5-16(2)6-9-19/h5-10,15,18H,4,11-14H2,1-3H3. The average molecular weight is 458 g/mol. The second-order valence-corrected chi connectivity index (χ2v) is 11.0. The van der Waals surface area contributed by atoms with Gasteiger partial charge in [0.2, 0.25) is 10.0 Å². The fraction of sp³-hybridized carbons (Fsp3) is 0.391. The number of aromatic nitrogens is 1. The highest BCUT2D eigenvalue weighted by Crippen LogP contribution is 2.25. The van der Waals surface area contributed by atoms with Gasteiger partial charge >= 0.3 is 0 Å². The molecule has 31 heavy (non-hydrogen) atoms. The molecule has 0 saturated carbocycles. The number of benzene rings is 2. The molecule has 1 amide bonds. The second kappa shape index (κ2) is 8.68. The lowest BCUT2D eigenvalue weighted by molar-refractivity contribution is -0.122. The van der Waals surface area contributed by atoms with Crippen LogP contribution in [0.25, 0.3) is 10.2 Å². The Balaban J connectivity index is 1.49. The number of amides is 1. The van der Waals surface area contributed by atoms with Gasteiger partial charge in [0.05, 0.1) is 15.1 Å². The van der Waals surface area contributed by atoms with E-state index in [0.717, 1.165) is 22.2 Å². The van der Waals surface area contributed by atoms with Gasteiger partial charge in [-0.2, -0.15) is 9.30 Å². The summed E-state index contributed by atoms with van der Waals surface area (Å²) in [5.41, 5.74) is 3.34. The van der Waals surface area contributed by atoms with Crippen LogP contribution in [0.3, 0.4) is 0 Å². The van der Waals surface area contributed by atoms with Gasteiger partial charge in [-0.25, -0.2) is 8.42 Å². The molecule has 8 heteroatoms. The number of carbonyl (C=O) groups excluding carboxylic acids is 1. The van der Waals surface area contributed by atoms with Crippen LogP contribution in [0.4, 0.5) is 0 Å². The lowest BCUT2D eigenvalue weighted by Crippen LogP contribution is -2.40. The number of hydrogen-bond donors (Lipinski definition) is 0.